The van der Waals surface area contributed by atoms with Crippen molar-refractivity contribution in [1.82, 2.24) is 0 Å². The fourth-order valence-corrected chi connectivity index (χ4v) is 9.36. The summed E-state index contributed by atoms with van der Waals surface area (Å²) in [7, 11) is 0. The maximum Gasteiger partial charge on any atom is 0.0569 e. The van der Waals surface area contributed by atoms with E-state index in [0.717, 1.165) is 36.0 Å². The molecular weight excluding hydrogens is 376 g/mol. The normalized spacial score (nSPS) is 49.1. The van der Waals surface area contributed by atoms with E-state index < -0.39 is 0 Å². The Labute approximate surface area is 193 Å². The summed E-state index contributed by atoms with van der Waals surface area (Å²) in [6.07, 6.45) is 14.5. The van der Waals surface area contributed by atoms with Gasteiger partial charge >= 0.3 is 0 Å². The van der Waals surface area contributed by atoms with Crippen molar-refractivity contribution in [3.05, 3.63) is 11.6 Å². The second kappa shape index (κ2) is 8.18. The van der Waals surface area contributed by atoms with Crippen molar-refractivity contribution in [2.45, 2.75) is 119 Å². The summed E-state index contributed by atoms with van der Waals surface area (Å²) < 4.78 is 0. The lowest BCUT2D eigenvalue weighted by Gasteiger charge is -2.62. The summed E-state index contributed by atoms with van der Waals surface area (Å²) in [5, 5.41) is 10.6. The van der Waals surface area contributed by atoms with Crippen LogP contribution in [-0.4, -0.2) is 11.2 Å². The van der Waals surface area contributed by atoms with E-state index in [1.165, 1.54) is 51.4 Å². The number of aliphatic hydroxyl groups is 1. The quantitative estimate of drug-likeness (QED) is 0.437. The molecule has 0 amide bonds. The third-order valence-corrected chi connectivity index (χ3v) is 12.3. The summed E-state index contributed by atoms with van der Waals surface area (Å²) >= 11 is 0. The Balaban J connectivity index is 1.58. The monoisotopic (exact) mass is 428 g/mol. The van der Waals surface area contributed by atoms with Crippen molar-refractivity contribution in [2.24, 2.45) is 57.7 Å². The largest absolute Gasteiger partial charge is 0.393 e. The molecule has 0 saturated heterocycles. The van der Waals surface area contributed by atoms with Gasteiger partial charge in [-0.1, -0.05) is 79.9 Å². The molecule has 0 bridgehead atoms. The van der Waals surface area contributed by atoms with Gasteiger partial charge < -0.3 is 5.11 Å². The predicted molar refractivity (Wildman–Crippen MR) is 133 cm³/mol. The molecule has 31 heavy (non-hydrogen) atoms. The molecule has 3 saturated carbocycles. The van der Waals surface area contributed by atoms with Crippen LogP contribution in [0.1, 0.15) is 113 Å². The van der Waals surface area contributed by atoms with Crippen molar-refractivity contribution >= 4 is 0 Å². The van der Waals surface area contributed by atoms with Gasteiger partial charge in [-0.3, -0.25) is 0 Å². The summed E-state index contributed by atoms with van der Waals surface area (Å²) in [5.41, 5.74) is 3.09. The zero-order valence-corrected chi connectivity index (χ0v) is 22.0. The molecule has 0 radical (unpaired) electrons. The van der Waals surface area contributed by atoms with E-state index >= 15 is 0 Å². The van der Waals surface area contributed by atoms with Crippen LogP contribution in [0.4, 0.5) is 0 Å². The molecule has 0 aromatic carbocycles. The molecule has 1 unspecified atom stereocenters. The molecular formula is C30H52O. The molecule has 0 heterocycles. The van der Waals surface area contributed by atoms with E-state index in [0.29, 0.717) is 28.1 Å². The van der Waals surface area contributed by atoms with E-state index in [9.17, 15) is 5.11 Å². The van der Waals surface area contributed by atoms with Crippen LogP contribution in [0, 0.1) is 57.7 Å². The number of rotatable bonds is 5. The minimum absolute atomic E-state index is 0.0791. The van der Waals surface area contributed by atoms with Gasteiger partial charge in [-0.05, 0) is 103 Å². The second-order valence-corrected chi connectivity index (χ2v) is 13.7. The van der Waals surface area contributed by atoms with Crippen LogP contribution in [0.2, 0.25) is 0 Å². The van der Waals surface area contributed by atoms with E-state index in [1.807, 2.05) is 5.57 Å². The van der Waals surface area contributed by atoms with Crippen molar-refractivity contribution in [3.63, 3.8) is 0 Å². The van der Waals surface area contributed by atoms with Crippen LogP contribution in [0.15, 0.2) is 11.6 Å². The predicted octanol–water partition coefficient (Wildman–Crippen LogP) is 8.27. The molecule has 0 aliphatic heterocycles. The van der Waals surface area contributed by atoms with Crippen molar-refractivity contribution in [3.8, 4) is 0 Å². The van der Waals surface area contributed by atoms with E-state index in [2.05, 4.69) is 61.5 Å². The van der Waals surface area contributed by atoms with Crippen LogP contribution in [0.25, 0.3) is 0 Å². The highest BCUT2D eigenvalue weighted by molar-refractivity contribution is 5.32. The maximum atomic E-state index is 10.6. The number of allylic oxidation sites excluding steroid dienone is 2. The summed E-state index contributed by atoms with van der Waals surface area (Å²) in [6.45, 7) is 20.1. The van der Waals surface area contributed by atoms with Gasteiger partial charge in [0.1, 0.15) is 0 Å². The zero-order valence-electron chi connectivity index (χ0n) is 22.0. The minimum atomic E-state index is -0.0791. The average molecular weight is 429 g/mol. The smallest absolute Gasteiger partial charge is 0.0569 e. The number of hydrogen-bond acceptors (Lipinski definition) is 1. The highest BCUT2D eigenvalue weighted by Crippen LogP contribution is 2.72. The first-order chi connectivity index (χ1) is 14.5. The Morgan fingerprint density at radius 3 is 2.32 bits per heavy atom. The molecule has 178 valence electrons. The third kappa shape index (κ3) is 3.50. The number of fused-ring (bicyclic) bond motifs is 5. The van der Waals surface area contributed by atoms with Crippen LogP contribution >= 0.6 is 0 Å². The molecule has 3 fully saturated rings. The molecule has 4 aliphatic carbocycles. The molecule has 0 spiro atoms. The van der Waals surface area contributed by atoms with Gasteiger partial charge in [0, 0.05) is 0 Å². The first-order valence-corrected chi connectivity index (χ1v) is 13.8. The zero-order chi connectivity index (χ0) is 22.8. The molecule has 1 heteroatoms. The molecule has 1 N–H and O–H groups in total. The van der Waals surface area contributed by atoms with Gasteiger partial charge in [-0.2, -0.15) is 0 Å². The summed E-state index contributed by atoms with van der Waals surface area (Å²) in [6, 6.07) is 0. The highest BCUT2D eigenvalue weighted by atomic mass is 16.3. The lowest BCUT2D eigenvalue weighted by molar-refractivity contribution is -0.0781. The Bertz CT molecular complexity index is 693. The Morgan fingerprint density at radius 2 is 1.65 bits per heavy atom. The van der Waals surface area contributed by atoms with Gasteiger partial charge in [0.15, 0.2) is 0 Å². The van der Waals surface area contributed by atoms with Crippen LogP contribution in [0.5, 0.6) is 0 Å². The Morgan fingerprint density at radius 1 is 0.935 bits per heavy atom. The molecule has 10 atom stereocenters. The van der Waals surface area contributed by atoms with Gasteiger partial charge in [0.05, 0.1) is 6.10 Å². The Kier molecular flexibility index (Phi) is 6.29. The second-order valence-electron chi connectivity index (χ2n) is 13.7. The van der Waals surface area contributed by atoms with Crippen molar-refractivity contribution < 1.29 is 5.11 Å². The molecule has 0 aromatic heterocycles. The highest BCUT2D eigenvalue weighted by Gasteiger charge is 2.64. The minimum Gasteiger partial charge on any atom is -0.393 e. The summed E-state index contributed by atoms with van der Waals surface area (Å²) in [4.78, 5) is 0. The maximum absolute atomic E-state index is 10.6. The van der Waals surface area contributed by atoms with Crippen molar-refractivity contribution in [2.75, 3.05) is 0 Å². The van der Waals surface area contributed by atoms with E-state index in [-0.39, 0.29) is 6.10 Å². The lowest BCUT2D eigenvalue weighted by atomic mass is 9.43. The van der Waals surface area contributed by atoms with E-state index in [4.69, 9.17) is 0 Å². The molecule has 4 aliphatic rings. The van der Waals surface area contributed by atoms with Gasteiger partial charge in [-0.25, -0.2) is 0 Å². The number of aliphatic hydroxyl groups excluding tert-OH is 1. The molecule has 0 aromatic rings. The first kappa shape index (κ1) is 23.8. The van der Waals surface area contributed by atoms with Gasteiger partial charge in [-0.15, -0.1) is 0 Å². The van der Waals surface area contributed by atoms with Crippen LogP contribution in [0.3, 0.4) is 0 Å². The molecule has 4 rings (SSSR count). The van der Waals surface area contributed by atoms with Crippen molar-refractivity contribution in [1.29, 1.82) is 0 Å². The standard InChI is InChI=1S/C30H52O/c1-19(2)20(3)9-10-21(4)23-13-17-30(8)26-12-11-24-22(5)27(31)15-16-28(24,6)25(26)14-18-29(23,30)7/h14,19-24,26-27,31H,9-13,15-18H2,1-8H3/t20-,21+,22-,23+,24-,26?,27-,28-,29+,30-/m0/s1. The van der Waals surface area contributed by atoms with Crippen LogP contribution in [-0.2, 0) is 0 Å². The fraction of sp³-hybridized carbons (Fsp3) is 0.933. The van der Waals surface area contributed by atoms with E-state index in [1.54, 1.807) is 0 Å². The fourth-order valence-electron chi connectivity index (χ4n) is 9.36. The van der Waals surface area contributed by atoms with Gasteiger partial charge in [0.2, 0.25) is 0 Å². The summed E-state index contributed by atoms with van der Waals surface area (Å²) in [5.74, 6) is 5.30. The SMILES string of the molecule is CC(C)[C@@H](C)CC[C@@H](C)[C@H]1CC[C@@]2(C)C3CC[C@H]4[C@H](C)[C@@H](O)CC[C@]4(C)C3=CC[C@]12C. The van der Waals surface area contributed by atoms with Gasteiger partial charge in [0.25, 0.3) is 0 Å². The topological polar surface area (TPSA) is 20.2 Å². The van der Waals surface area contributed by atoms with Crippen LogP contribution < -0.4 is 0 Å². The number of hydrogen-bond donors (Lipinski definition) is 1. The Hall–Kier alpha value is -0.300. The average Bonchev–Trinajstić information content (AvgIpc) is 3.00. The molecule has 1 nitrogen and oxygen atoms in total. The third-order valence-electron chi connectivity index (χ3n) is 12.3. The lowest BCUT2D eigenvalue weighted by Crippen LogP contribution is -2.55. The first-order valence-electron chi connectivity index (χ1n) is 13.8.